The predicted molar refractivity (Wildman–Crippen MR) is 96.7 cm³/mol. The third-order valence-electron chi connectivity index (χ3n) is 4.43. The Morgan fingerprint density at radius 3 is 2.58 bits per heavy atom. The van der Waals surface area contributed by atoms with Crippen LogP contribution in [-0.2, 0) is 11.3 Å². The average Bonchev–Trinajstić information content (AvgIpc) is 3.15. The maximum Gasteiger partial charge on any atom is 0.410 e. The Morgan fingerprint density at radius 2 is 1.85 bits per heavy atom. The van der Waals surface area contributed by atoms with Gasteiger partial charge in [0.2, 0.25) is 0 Å². The van der Waals surface area contributed by atoms with Crippen molar-refractivity contribution in [2.45, 2.75) is 13.0 Å². The Labute approximate surface area is 152 Å². The van der Waals surface area contributed by atoms with Crippen molar-refractivity contribution in [1.82, 2.24) is 10.2 Å². The van der Waals surface area contributed by atoms with Crippen LogP contribution in [0.5, 0.6) is 5.75 Å². The van der Waals surface area contributed by atoms with E-state index in [-0.39, 0.29) is 30.3 Å². The van der Waals surface area contributed by atoms with Gasteiger partial charge < -0.3 is 20.1 Å². The minimum Gasteiger partial charge on any atom is -0.508 e. The van der Waals surface area contributed by atoms with Gasteiger partial charge in [-0.05, 0) is 42.2 Å². The molecule has 2 amide bonds. The molecule has 1 saturated heterocycles. The fourth-order valence-corrected chi connectivity index (χ4v) is 2.93. The predicted octanol–water partition coefficient (Wildman–Crippen LogP) is 2.78. The van der Waals surface area contributed by atoms with E-state index < -0.39 is 0 Å². The number of ether oxygens (including phenoxy) is 1. The summed E-state index contributed by atoms with van der Waals surface area (Å²) in [4.78, 5) is 25.9. The van der Waals surface area contributed by atoms with Gasteiger partial charge in [0, 0.05) is 25.2 Å². The first kappa shape index (κ1) is 17.8. The lowest BCUT2D eigenvalue weighted by Gasteiger charge is -2.16. The van der Waals surface area contributed by atoms with E-state index in [4.69, 9.17) is 4.74 Å². The van der Waals surface area contributed by atoms with Gasteiger partial charge in [-0.25, -0.2) is 4.79 Å². The molecule has 2 N–H and O–H groups in total. The Kier molecular flexibility index (Phi) is 5.73. The highest BCUT2D eigenvalue weighted by Gasteiger charge is 2.27. The molecular weight excluding hydrogens is 332 g/mol. The van der Waals surface area contributed by atoms with Crippen LogP contribution in [0, 0.1) is 5.92 Å². The number of amides is 2. The van der Waals surface area contributed by atoms with Gasteiger partial charge >= 0.3 is 6.09 Å². The largest absolute Gasteiger partial charge is 0.508 e. The molecule has 1 aliphatic rings. The summed E-state index contributed by atoms with van der Waals surface area (Å²) in [5, 5.41) is 12.1. The summed E-state index contributed by atoms with van der Waals surface area (Å²) in [6, 6.07) is 15.7. The van der Waals surface area contributed by atoms with Crippen molar-refractivity contribution in [1.29, 1.82) is 0 Å². The van der Waals surface area contributed by atoms with E-state index in [0.29, 0.717) is 25.2 Å². The van der Waals surface area contributed by atoms with Crippen LogP contribution in [0.4, 0.5) is 4.79 Å². The standard InChI is InChI=1S/C20H22N2O4/c23-18-8-6-17(7-9-18)19(24)21-12-16-10-11-22(13-16)20(25)26-14-15-4-2-1-3-5-15/h1-9,16,23H,10-14H2,(H,21,24)/t16-/m1/s1. The van der Waals surface area contributed by atoms with Crippen LogP contribution >= 0.6 is 0 Å². The normalized spacial score (nSPS) is 16.3. The molecule has 3 rings (SSSR count). The van der Waals surface area contributed by atoms with Crippen molar-refractivity contribution in [3.8, 4) is 5.75 Å². The molecule has 26 heavy (non-hydrogen) atoms. The van der Waals surface area contributed by atoms with Crippen LogP contribution in [-0.4, -0.2) is 41.6 Å². The summed E-state index contributed by atoms with van der Waals surface area (Å²) < 4.78 is 5.34. The summed E-state index contributed by atoms with van der Waals surface area (Å²) >= 11 is 0. The van der Waals surface area contributed by atoms with Gasteiger partial charge in [0.1, 0.15) is 12.4 Å². The molecule has 6 heteroatoms. The summed E-state index contributed by atoms with van der Waals surface area (Å²) in [7, 11) is 0. The third kappa shape index (κ3) is 4.75. The number of nitrogens with zero attached hydrogens (tertiary/aromatic N) is 1. The maximum absolute atomic E-state index is 12.1. The summed E-state index contributed by atoms with van der Waals surface area (Å²) in [6.07, 6.45) is 0.511. The lowest BCUT2D eigenvalue weighted by atomic mass is 10.1. The van der Waals surface area contributed by atoms with E-state index in [1.54, 1.807) is 17.0 Å². The number of benzene rings is 2. The fraction of sp³-hybridized carbons (Fsp3) is 0.300. The summed E-state index contributed by atoms with van der Waals surface area (Å²) in [6.45, 7) is 1.97. The van der Waals surface area contributed by atoms with Gasteiger partial charge in [-0.2, -0.15) is 0 Å². The molecule has 2 aromatic carbocycles. The van der Waals surface area contributed by atoms with Gasteiger partial charge in [0.05, 0.1) is 0 Å². The van der Waals surface area contributed by atoms with Gasteiger partial charge in [-0.3, -0.25) is 4.79 Å². The molecule has 0 saturated carbocycles. The monoisotopic (exact) mass is 354 g/mol. The first-order chi connectivity index (χ1) is 12.6. The number of carbonyl (C=O) groups is 2. The first-order valence-electron chi connectivity index (χ1n) is 8.64. The second-order valence-corrected chi connectivity index (χ2v) is 6.40. The molecular formula is C20H22N2O4. The van der Waals surface area contributed by atoms with Crippen molar-refractivity contribution in [2.75, 3.05) is 19.6 Å². The fourth-order valence-electron chi connectivity index (χ4n) is 2.93. The van der Waals surface area contributed by atoms with E-state index in [1.807, 2.05) is 30.3 Å². The summed E-state index contributed by atoms with van der Waals surface area (Å²) in [5.41, 5.74) is 1.46. The molecule has 1 fully saturated rings. The number of aromatic hydroxyl groups is 1. The number of phenols is 1. The number of phenolic OH excluding ortho intramolecular Hbond substituents is 1. The topological polar surface area (TPSA) is 78.9 Å². The summed E-state index contributed by atoms with van der Waals surface area (Å²) in [5.74, 6) is 0.150. The SMILES string of the molecule is O=C(NC[C@H]1CCN(C(=O)OCc2ccccc2)C1)c1ccc(O)cc1. The lowest BCUT2D eigenvalue weighted by Crippen LogP contribution is -2.33. The molecule has 0 radical (unpaired) electrons. The van der Waals surface area contributed by atoms with E-state index in [9.17, 15) is 14.7 Å². The highest BCUT2D eigenvalue weighted by atomic mass is 16.6. The van der Waals surface area contributed by atoms with Crippen molar-refractivity contribution < 1.29 is 19.4 Å². The molecule has 1 aliphatic heterocycles. The van der Waals surface area contributed by atoms with Gasteiger partial charge in [0.25, 0.3) is 5.91 Å². The van der Waals surface area contributed by atoms with Gasteiger partial charge in [-0.1, -0.05) is 30.3 Å². The Balaban J connectivity index is 1.41. The minimum absolute atomic E-state index is 0.127. The Bertz CT molecular complexity index is 746. The zero-order valence-electron chi connectivity index (χ0n) is 14.4. The van der Waals surface area contributed by atoms with Crippen LogP contribution in [0.15, 0.2) is 54.6 Å². The quantitative estimate of drug-likeness (QED) is 0.865. The molecule has 136 valence electrons. The van der Waals surface area contributed by atoms with Gasteiger partial charge in [-0.15, -0.1) is 0 Å². The smallest absolute Gasteiger partial charge is 0.410 e. The molecule has 0 unspecified atom stereocenters. The van der Waals surface area contributed by atoms with E-state index >= 15 is 0 Å². The molecule has 0 aliphatic carbocycles. The second-order valence-electron chi connectivity index (χ2n) is 6.40. The van der Waals surface area contributed by atoms with Crippen LogP contribution in [0.25, 0.3) is 0 Å². The highest BCUT2D eigenvalue weighted by molar-refractivity contribution is 5.94. The van der Waals surface area contributed by atoms with Crippen molar-refractivity contribution in [3.05, 3.63) is 65.7 Å². The van der Waals surface area contributed by atoms with Crippen LogP contribution < -0.4 is 5.32 Å². The zero-order valence-corrected chi connectivity index (χ0v) is 14.4. The second kappa shape index (κ2) is 8.38. The lowest BCUT2D eigenvalue weighted by molar-refractivity contribution is 0.0945. The zero-order chi connectivity index (χ0) is 18.4. The number of nitrogens with one attached hydrogen (secondary N) is 1. The van der Waals surface area contributed by atoms with Crippen molar-refractivity contribution >= 4 is 12.0 Å². The Hall–Kier alpha value is -3.02. The molecule has 1 heterocycles. The van der Waals surface area contributed by atoms with Crippen LogP contribution in [0.1, 0.15) is 22.3 Å². The van der Waals surface area contributed by atoms with Crippen molar-refractivity contribution in [2.24, 2.45) is 5.92 Å². The molecule has 6 nitrogen and oxygen atoms in total. The number of carbonyl (C=O) groups excluding carboxylic acids is 2. The van der Waals surface area contributed by atoms with E-state index in [1.165, 1.54) is 12.1 Å². The van der Waals surface area contributed by atoms with E-state index in [0.717, 1.165) is 12.0 Å². The number of hydrogen-bond donors (Lipinski definition) is 2. The molecule has 0 spiro atoms. The van der Waals surface area contributed by atoms with Crippen LogP contribution in [0.2, 0.25) is 0 Å². The molecule has 0 bridgehead atoms. The third-order valence-corrected chi connectivity index (χ3v) is 4.43. The van der Waals surface area contributed by atoms with Gasteiger partial charge in [0.15, 0.2) is 0 Å². The van der Waals surface area contributed by atoms with E-state index in [2.05, 4.69) is 5.32 Å². The molecule has 2 aromatic rings. The highest BCUT2D eigenvalue weighted by Crippen LogP contribution is 2.17. The average molecular weight is 354 g/mol. The number of likely N-dealkylation sites (tertiary alicyclic amines) is 1. The molecule has 1 atom stereocenters. The number of rotatable bonds is 5. The van der Waals surface area contributed by atoms with Crippen molar-refractivity contribution in [3.63, 3.8) is 0 Å². The number of hydrogen-bond acceptors (Lipinski definition) is 4. The van der Waals surface area contributed by atoms with Crippen LogP contribution in [0.3, 0.4) is 0 Å². The first-order valence-corrected chi connectivity index (χ1v) is 8.64. The maximum atomic E-state index is 12.1. The minimum atomic E-state index is -0.318. The Morgan fingerprint density at radius 1 is 1.12 bits per heavy atom. The molecule has 0 aromatic heterocycles.